The summed E-state index contributed by atoms with van der Waals surface area (Å²) in [6.45, 7) is 6.12. The van der Waals surface area contributed by atoms with Crippen LogP contribution in [0.3, 0.4) is 0 Å². The molecule has 2 heteroatoms. The quantitative estimate of drug-likeness (QED) is 0.629. The van der Waals surface area contributed by atoms with Crippen LogP contribution >= 0.6 is 0 Å². The molecule has 1 spiro atoms. The van der Waals surface area contributed by atoms with E-state index < -0.39 is 0 Å². The minimum absolute atomic E-state index is 0.238. The molecule has 0 fully saturated rings. The van der Waals surface area contributed by atoms with Crippen LogP contribution in [0.1, 0.15) is 30.9 Å². The zero-order valence-electron chi connectivity index (χ0n) is 8.79. The Hall–Kier alpha value is -1.57. The van der Waals surface area contributed by atoms with E-state index in [0.29, 0.717) is 0 Å². The molecule has 2 aliphatic rings. The van der Waals surface area contributed by atoms with E-state index in [0.717, 1.165) is 24.1 Å². The monoisotopic (exact) mass is 199 g/mol. The summed E-state index contributed by atoms with van der Waals surface area (Å²) in [4.78, 5) is 5.64. The molecule has 1 heterocycles. The van der Waals surface area contributed by atoms with Crippen molar-refractivity contribution in [2.75, 3.05) is 0 Å². The van der Waals surface area contributed by atoms with E-state index in [1.165, 1.54) is 11.1 Å². The lowest BCUT2D eigenvalue weighted by atomic mass is 9.91. The van der Waals surface area contributed by atoms with Gasteiger partial charge in [0.1, 0.15) is 0 Å². The summed E-state index contributed by atoms with van der Waals surface area (Å²) in [5.74, 6) is 0. The van der Waals surface area contributed by atoms with Crippen molar-refractivity contribution in [2.45, 2.75) is 25.4 Å². The molecule has 76 valence electrons. The van der Waals surface area contributed by atoms with Gasteiger partial charge in [0.2, 0.25) is 0 Å². The van der Waals surface area contributed by atoms with Crippen LogP contribution in [0.2, 0.25) is 0 Å². The Bertz CT molecular complexity index is 475. The Morgan fingerprint density at radius 1 is 1.33 bits per heavy atom. The second-order valence-corrected chi connectivity index (χ2v) is 4.41. The van der Waals surface area contributed by atoms with Gasteiger partial charge in [0.05, 0.1) is 5.71 Å². The normalized spacial score (nSPS) is 27.8. The van der Waals surface area contributed by atoms with E-state index in [9.17, 15) is 0 Å². The maximum absolute atomic E-state index is 5.64. The predicted octanol–water partition coefficient (Wildman–Crippen LogP) is 3.10. The molecule has 0 aromatic heterocycles. The lowest BCUT2D eigenvalue weighted by Gasteiger charge is -2.21. The van der Waals surface area contributed by atoms with E-state index in [-0.39, 0.29) is 5.60 Å². The largest absolute Gasteiger partial charge is 0.384 e. The van der Waals surface area contributed by atoms with Crippen molar-refractivity contribution in [3.63, 3.8) is 0 Å². The Kier molecular flexibility index (Phi) is 1.58. The number of rotatable bonds is 0. The van der Waals surface area contributed by atoms with Crippen LogP contribution in [0.5, 0.6) is 0 Å². The van der Waals surface area contributed by atoms with Crippen LogP contribution in [0.15, 0.2) is 36.0 Å². The van der Waals surface area contributed by atoms with Gasteiger partial charge in [-0.1, -0.05) is 36.0 Å². The highest BCUT2D eigenvalue weighted by atomic mass is 16.7. The predicted molar refractivity (Wildman–Crippen MR) is 60.6 cm³/mol. The third kappa shape index (κ3) is 1.08. The molecular weight excluding hydrogens is 186 g/mol. The van der Waals surface area contributed by atoms with Crippen molar-refractivity contribution in [2.24, 2.45) is 5.16 Å². The summed E-state index contributed by atoms with van der Waals surface area (Å²) in [6, 6.07) is 8.34. The summed E-state index contributed by atoms with van der Waals surface area (Å²) in [7, 11) is 0. The van der Waals surface area contributed by atoms with Crippen molar-refractivity contribution in [3.8, 4) is 0 Å². The van der Waals surface area contributed by atoms with Gasteiger partial charge in [-0.2, -0.15) is 0 Å². The third-order valence-electron chi connectivity index (χ3n) is 3.22. The van der Waals surface area contributed by atoms with E-state index >= 15 is 0 Å². The van der Waals surface area contributed by atoms with Crippen molar-refractivity contribution in [1.82, 2.24) is 0 Å². The van der Waals surface area contributed by atoms with Crippen molar-refractivity contribution in [3.05, 3.63) is 42.0 Å². The zero-order chi connectivity index (χ0) is 10.5. The highest BCUT2D eigenvalue weighted by Gasteiger charge is 2.46. The zero-order valence-corrected chi connectivity index (χ0v) is 8.79. The number of hydrogen-bond donors (Lipinski definition) is 0. The second-order valence-electron chi connectivity index (χ2n) is 4.41. The Morgan fingerprint density at radius 2 is 2.13 bits per heavy atom. The molecule has 1 aliphatic carbocycles. The molecule has 0 saturated carbocycles. The number of fused-ring (bicyclic) bond motifs is 2. The van der Waals surface area contributed by atoms with Crippen molar-refractivity contribution >= 4 is 11.3 Å². The van der Waals surface area contributed by atoms with Gasteiger partial charge in [0.15, 0.2) is 5.60 Å². The van der Waals surface area contributed by atoms with Gasteiger partial charge in [-0.15, -0.1) is 0 Å². The maximum atomic E-state index is 5.64. The summed E-state index contributed by atoms with van der Waals surface area (Å²) in [5.41, 5.74) is 4.48. The molecule has 0 radical (unpaired) electrons. The maximum Gasteiger partial charge on any atom is 0.172 e. The van der Waals surface area contributed by atoms with Crippen LogP contribution in [-0.2, 0) is 10.4 Å². The molecule has 0 bridgehead atoms. The van der Waals surface area contributed by atoms with E-state index in [1.54, 1.807) is 0 Å². The lowest BCUT2D eigenvalue weighted by molar-refractivity contribution is -0.0145. The fourth-order valence-electron chi connectivity index (χ4n) is 2.61. The van der Waals surface area contributed by atoms with E-state index in [2.05, 4.69) is 29.9 Å². The van der Waals surface area contributed by atoms with E-state index in [1.807, 2.05) is 13.0 Å². The highest BCUT2D eigenvalue weighted by Crippen LogP contribution is 2.50. The first-order valence-electron chi connectivity index (χ1n) is 5.21. The Morgan fingerprint density at radius 3 is 2.87 bits per heavy atom. The molecule has 1 aromatic carbocycles. The molecule has 0 amide bonds. The topological polar surface area (TPSA) is 21.6 Å². The molecule has 0 saturated heterocycles. The highest BCUT2D eigenvalue weighted by molar-refractivity contribution is 5.86. The van der Waals surface area contributed by atoms with Crippen LogP contribution in [0.25, 0.3) is 5.57 Å². The van der Waals surface area contributed by atoms with Gasteiger partial charge >= 0.3 is 0 Å². The van der Waals surface area contributed by atoms with Gasteiger partial charge in [0, 0.05) is 18.4 Å². The van der Waals surface area contributed by atoms with Crippen LogP contribution in [0, 0.1) is 0 Å². The van der Waals surface area contributed by atoms with Crippen molar-refractivity contribution < 1.29 is 4.84 Å². The first-order valence-corrected chi connectivity index (χ1v) is 5.21. The fourth-order valence-corrected chi connectivity index (χ4v) is 2.61. The number of nitrogens with zero attached hydrogens (tertiary/aromatic N) is 1. The minimum Gasteiger partial charge on any atom is -0.384 e. The summed E-state index contributed by atoms with van der Waals surface area (Å²) in [6.07, 6.45) is 1.76. The molecule has 1 aliphatic heterocycles. The first kappa shape index (κ1) is 8.72. The van der Waals surface area contributed by atoms with Crippen molar-refractivity contribution in [1.29, 1.82) is 0 Å². The molecule has 1 atom stereocenters. The van der Waals surface area contributed by atoms with E-state index in [4.69, 9.17) is 4.84 Å². The third-order valence-corrected chi connectivity index (χ3v) is 3.22. The van der Waals surface area contributed by atoms with Gasteiger partial charge in [-0.05, 0) is 18.1 Å². The standard InChI is InChI=1S/C13H13NO/c1-9-7-13(8-10(2)14-15-13)12-6-4-3-5-11(9)12/h3-6H,1,7-8H2,2H3/t13-/m1/s1. The second kappa shape index (κ2) is 2.72. The van der Waals surface area contributed by atoms with Crippen LogP contribution in [0.4, 0.5) is 0 Å². The Labute approximate surface area is 89.2 Å². The minimum atomic E-state index is -0.238. The van der Waals surface area contributed by atoms with Crippen LogP contribution in [-0.4, -0.2) is 5.71 Å². The van der Waals surface area contributed by atoms with Gasteiger partial charge in [0.25, 0.3) is 0 Å². The average Bonchev–Trinajstić information content (AvgIpc) is 2.72. The molecule has 2 nitrogen and oxygen atoms in total. The molecule has 0 unspecified atom stereocenters. The lowest BCUT2D eigenvalue weighted by Crippen LogP contribution is -2.22. The molecule has 15 heavy (non-hydrogen) atoms. The molecular formula is C13H13NO. The molecule has 1 aromatic rings. The number of oxime groups is 1. The SMILES string of the molecule is C=C1C[C@@]2(CC(C)=NO2)c2ccccc21. The summed E-state index contributed by atoms with van der Waals surface area (Å²) in [5, 5.41) is 4.08. The van der Waals surface area contributed by atoms with Gasteiger partial charge < -0.3 is 4.84 Å². The Balaban J connectivity index is 2.13. The van der Waals surface area contributed by atoms with Gasteiger partial charge in [-0.3, -0.25) is 0 Å². The molecule has 3 rings (SSSR count). The summed E-state index contributed by atoms with van der Waals surface area (Å²) < 4.78 is 0. The fraction of sp³-hybridized carbons (Fsp3) is 0.308. The molecule has 0 N–H and O–H groups in total. The van der Waals surface area contributed by atoms with Gasteiger partial charge in [-0.25, -0.2) is 0 Å². The summed E-state index contributed by atoms with van der Waals surface area (Å²) >= 11 is 0. The first-order chi connectivity index (χ1) is 7.21. The number of hydrogen-bond acceptors (Lipinski definition) is 2. The average molecular weight is 199 g/mol. The smallest absolute Gasteiger partial charge is 0.172 e. The number of benzene rings is 1. The van der Waals surface area contributed by atoms with Crippen LogP contribution < -0.4 is 0 Å².